The molecule has 1 aromatic heterocycles. The highest BCUT2D eigenvalue weighted by Gasteiger charge is 2.19. The fourth-order valence-corrected chi connectivity index (χ4v) is 5.08. The molecule has 10 heteroatoms. The average Bonchev–Trinajstić information content (AvgIpc) is 3.33. The lowest BCUT2D eigenvalue weighted by Crippen LogP contribution is -2.39. The maximum absolute atomic E-state index is 13.4. The topological polar surface area (TPSA) is 73.4 Å². The van der Waals surface area contributed by atoms with Crippen LogP contribution < -0.4 is 19.1 Å². The number of carbonyl (C=O) groups is 1. The van der Waals surface area contributed by atoms with Crippen molar-refractivity contribution in [3.8, 4) is 17.2 Å². The first-order valence-corrected chi connectivity index (χ1v) is 13.0. The quantitative estimate of drug-likeness (QED) is 0.316. The minimum Gasteiger partial charge on any atom is -0.494 e. The summed E-state index contributed by atoms with van der Waals surface area (Å²) in [6.07, 6.45) is 4.23. The van der Waals surface area contributed by atoms with Crippen LogP contribution in [0.2, 0.25) is 0 Å². The van der Waals surface area contributed by atoms with Crippen molar-refractivity contribution in [3.63, 3.8) is 0 Å². The van der Waals surface area contributed by atoms with Crippen molar-refractivity contribution >= 4 is 51.1 Å². The smallest absolute Gasteiger partial charge is 0.252 e. The third-order valence-corrected chi connectivity index (χ3v) is 6.98. The molecule has 0 radical (unpaired) electrons. The molecule has 1 fully saturated rings. The van der Waals surface area contributed by atoms with Crippen LogP contribution in [0.5, 0.6) is 17.2 Å². The lowest BCUT2D eigenvalue weighted by Gasteiger charge is -2.27. The molecule has 0 bridgehead atoms. The van der Waals surface area contributed by atoms with Gasteiger partial charge in [-0.25, -0.2) is 4.98 Å². The van der Waals surface area contributed by atoms with Crippen molar-refractivity contribution < 1.29 is 23.7 Å². The number of anilines is 1. The first kappa shape index (κ1) is 28.7. The first-order valence-electron chi connectivity index (χ1n) is 12.2. The number of benzene rings is 2. The molecule has 0 spiro atoms. The Labute approximate surface area is 228 Å². The fraction of sp³-hybridized carbons (Fsp3) is 0.407. The van der Waals surface area contributed by atoms with Crippen LogP contribution in [-0.4, -0.2) is 76.0 Å². The van der Waals surface area contributed by atoms with E-state index >= 15 is 0 Å². The van der Waals surface area contributed by atoms with Gasteiger partial charge in [0.05, 0.1) is 44.3 Å². The number of nitrogens with zero attached hydrogens (tertiary/aromatic N) is 3. The number of hydrogen-bond donors (Lipinski definition) is 0. The molecular weight excluding hydrogens is 514 g/mol. The molecule has 0 saturated carbocycles. The summed E-state index contributed by atoms with van der Waals surface area (Å²) in [7, 11) is 3.19. The first-order chi connectivity index (χ1) is 17.6. The summed E-state index contributed by atoms with van der Waals surface area (Å²) in [5.74, 6) is 1.95. The van der Waals surface area contributed by atoms with Gasteiger partial charge in [0.2, 0.25) is 0 Å². The number of fused-ring (bicyclic) bond motifs is 1. The van der Waals surface area contributed by atoms with Crippen LogP contribution in [-0.2, 0) is 9.53 Å². The minimum atomic E-state index is -0.115. The van der Waals surface area contributed by atoms with E-state index in [-0.39, 0.29) is 18.3 Å². The van der Waals surface area contributed by atoms with Crippen molar-refractivity contribution in [2.75, 3.05) is 65.1 Å². The molecule has 1 saturated heterocycles. The molecule has 2 aromatic carbocycles. The second-order valence-electron chi connectivity index (χ2n) is 8.30. The van der Waals surface area contributed by atoms with Gasteiger partial charge in [-0.15, -0.1) is 12.4 Å². The maximum Gasteiger partial charge on any atom is 0.252 e. The summed E-state index contributed by atoms with van der Waals surface area (Å²) in [6.45, 7) is 7.42. The summed E-state index contributed by atoms with van der Waals surface area (Å²) in [6, 6.07) is 11.4. The molecule has 0 atom stereocenters. The lowest BCUT2D eigenvalue weighted by molar-refractivity contribution is -0.114. The molecule has 0 N–H and O–H groups in total. The summed E-state index contributed by atoms with van der Waals surface area (Å²) in [5.41, 5.74) is 1.70. The molecule has 3 aromatic rings. The normalized spacial score (nSPS) is 13.9. The van der Waals surface area contributed by atoms with Gasteiger partial charge < -0.3 is 18.9 Å². The molecule has 8 nitrogen and oxygen atoms in total. The van der Waals surface area contributed by atoms with E-state index in [1.807, 2.05) is 43.3 Å². The lowest BCUT2D eigenvalue weighted by atomic mass is 10.2. The SMILES string of the molecule is CCOc1ccc2nc(N(CCCN3CCOCC3)C(=O)/C=C/c3ccc(OC)c(OC)c3)sc2c1.Cl. The van der Waals surface area contributed by atoms with Crippen molar-refractivity contribution in [2.45, 2.75) is 13.3 Å². The van der Waals surface area contributed by atoms with E-state index in [0.29, 0.717) is 29.8 Å². The van der Waals surface area contributed by atoms with E-state index < -0.39 is 0 Å². The highest BCUT2D eigenvalue weighted by Crippen LogP contribution is 2.32. The number of amides is 1. The largest absolute Gasteiger partial charge is 0.494 e. The van der Waals surface area contributed by atoms with Crippen molar-refractivity contribution in [3.05, 3.63) is 48.0 Å². The minimum absolute atomic E-state index is 0. The van der Waals surface area contributed by atoms with Crippen LogP contribution in [0, 0.1) is 0 Å². The van der Waals surface area contributed by atoms with Crippen LogP contribution in [0.4, 0.5) is 5.13 Å². The maximum atomic E-state index is 13.4. The number of morpholine rings is 1. The van der Waals surface area contributed by atoms with Gasteiger partial charge in [-0.05, 0) is 55.3 Å². The third kappa shape index (κ3) is 7.58. The standard InChI is InChI=1S/C27H33N3O5S.ClH/c1-4-35-21-8-9-22-25(19-21)36-27(28-22)30(13-5-12-29-14-16-34-17-15-29)26(31)11-7-20-6-10-23(32-2)24(18-20)33-3;/h6-11,18-19H,4-5,12-17H2,1-3H3;1H/b11-7+;. The van der Waals surface area contributed by atoms with Crippen LogP contribution in [0.15, 0.2) is 42.5 Å². The van der Waals surface area contributed by atoms with Gasteiger partial charge in [-0.3, -0.25) is 14.6 Å². The summed E-state index contributed by atoms with van der Waals surface area (Å²) in [4.78, 5) is 22.3. The van der Waals surface area contributed by atoms with Gasteiger partial charge in [0, 0.05) is 32.3 Å². The van der Waals surface area contributed by atoms with Gasteiger partial charge in [-0.1, -0.05) is 17.4 Å². The van der Waals surface area contributed by atoms with Gasteiger partial charge in [0.1, 0.15) is 5.75 Å². The second-order valence-corrected chi connectivity index (χ2v) is 9.31. The highest BCUT2D eigenvalue weighted by molar-refractivity contribution is 7.22. The van der Waals surface area contributed by atoms with E-state index in [9.17, 15) is 4.79 Å². The van der Waals surface area contributed by atoms with Crippen molar-refractivity contribution in [1.82, 2.24) is 9.88 Å². The summed E-state index contributed by atoms with van der Waals surface area (Å²) >= 11 is 1.50. The Morgan fingerprint density at radius 2 is 1.92 bits per heavy atom. The monoisotopic (exact) mass is 547 g/mol. The number of halogens is 1. The van der Waals surface area contributed by atoms with Crippen LogP contribution >= 0.6 is 23.7 Å². The van der Waals surface area contributed by atoms with Crippen LogP contribution in [0.25, 0.3) is 16.3 Å². The number of rotatable bonds is 11. The predicted octanol–water partition coefficient (Wildman–Crippen LogP) is 4.90. The molecular formula is C27H34ClN3O5S. The highest BCUT2D eigenvalue weighted by atomic mass is 35.5. The average molecular weight is 548 g/mol. The molecule has 37 heavy (non-hydrogen) atoms. The molecule has 0 unspecified atom stereocenters. The van der Waals surface area contributed by atoms with E-state index in [4.69, 9.17) is 23.9 Å². The Morgan fingerprint density at radius 1 is 1.14 bits per heavy atom. The summed E-state index contributed by atoms with van der Waals surface area (Å²) < 4.78 is 22.8. The van der Waals surface area contributed by atoms with E-state index in [1.165, 1.54) is 11.3 Å². The Balaban J connectivity index is 0.00000380. The summed E-state index contributed by atoms with van der Waals surface area (Å²) in [5, 5.41) is 0.683. The Hall–Kier alpha value is -2.85. The Kier molecular flexibility index (Phi) is 11.0. The Morgan fingerprint density at radius 3 is 2.65 bits per heavy atom. The zero-order chi connectivity index (χ0) is 25.3. The van der Waals surface area contributed by atoms with Crippen LogP contribution in [0.3, 0.4) is 0 Å². The molecule has 200 valence electrons. The number of ether oxygens (including phenoxy) is 4. The van der Waals surface area contributed by atoms with Gasteiger partial charge in [0.15, 0.2) is 16.6 Å². The molecule has 1 amide bonds. The number of carbonyl (C=O) groups excluding carboxylic acids is 1. The number of thiazole rings is 1. The predicted molar refractivity (Wildman–Crippen MR) is 151 cm³/mol. The molecule has 1 aliphatic rings. The van der Waals surface area contributed by atoms with Gasteiger partial charge in [-0.2, -0.15) is 0 Å². The second kappa shape index (κ2) is 14.2. The van der Waals surface area contributed by atoms with Crippen LogP contribution in [0.1, 0.15) is 18.9 Å². The fourth-order valence-electron chi connectivity index (χ4n) is 4.06. The number of methoxy groups -OCH3 is 2. The van der Waals surface area contributed by atoms with E-state index in [0.717, 1.165) is 60.8 Å². The van der Waals surface area contributed by atoms with Crippen molar-refractivity contribution in [1.29, 1.82) is 0 Å². The van der Waals surface area contributed by atoms with Gasteiger partial charge in [0.25, 0.3) is 5.91 Å². The van der Waals surface area contributed by atoms with E-state index in [2.05, 4.69) is 4.90 Å². The number of aromatic nitrogens is 1. The Bertz CT molecular complexity index is 1200. The van der Waals surface area contributed by atoms with Crippen molar-refractivity contribution in [2.24, 2.45) is 0 Å². The molecule has 4 rings (SSSR count). The third-order valence-electron chi connectivity index (χ3n) is 5.94. The molecule has 2 heterocycles. The molecule has 0 aliphatic carbocycles. The van der Waals surface area contributed by atoms with Gasteiger partial charge >= 0.3 is 0 Å². The van der Waals surface area contributed by atoms with E-state index in [1.54, 1.807) is 31.3 Å². The zero-order valence-corrected chi connectivity index (χ0v) is 23.1. The molecule has 1 aliphatic heterocycles. The number of hydrogen-bond acceptors (Lipinski definition) is 8. The zero-order valence-electron chi connectivity index (χ0n) is 21.5.